The molecule has 0 bridgehead atoms. The Morgan fingerprint density at radius 1 is 0.969 bits per heavy atom. The van der Waals surface area contributed by atoms with E-state index in [1.54, 1.807) is 7.11 Å². The van der Waals surface area contributed by atoms with Crippen molar-refractivity contribution in [3.8, 4) is 11.5 Å². The molecule has 4 heteroatoms. The predicted octanol–water partition coefficient (Wildman–Crippen LogP) is 6.51. The number of rotatable bonds is 11. The van der Waals surface area contributed by atoms with E-state index in [1.165, 1.54) is 11.1 Å². The smallest absolute Gasteiger partial charge is 0.342 e. The van der Waals surface area contributed by atoms with Gasteiger partial charge in [0, 0.05) is 5.56 Å². The van der Waals surface area contributed by atoms with E-state index in [1.807, 2.05) is 51.1 Å². The summed E-state index contributed by atoms with van der Waals surface area (Å²) in [7, 11) is 1.66. The minimum atomic E-state index is -0.358. The zero-order valence-corrected chi connectivity index (χ0v) is 20.3. The molecule has 2 aromatic carbocycles. The van der Waals surface area contributed by atoms with Crippen LogP contribution < -0.4 is 9.47 Å². The normalized spacial score (nSPS) is 10.3. The number of hydrogen-bond donors (Lipinski definition) is 0. The number of hydrogen-bond acceptors (Lipinski definition) is 4. The Hall–Kier alpha value is -3.01. The number of benzene rings is 2. The quantitative estimate of drug-likeness (QED) is 0.297. The number of allylic oxidation sites excluding steroid dienone is 3. The Morgan fingerprint density at radius 2 is 1.66 bits per heavy atom. The minimum Gasteiger partial charge on any atom is -0.496 e. The number of aryl methyl sites for hydroxylation is 2. The molecular formula is C28H36O4. The summed E-state index contributed by atoms with van der Waals surface area (Å²) in [4.78, 5) is 13.1. The van der Waals surface area contributed by atoms with E-state index in [9.17, 15) is 4.79 Å². The molecule has 0 atom stereocenters. The Morgan fingerprint density at radius 3 is 2.25 bits per heavy atom. The standard InChI is InChI=1S/C28H36O4/c1-7-31-28(29)26-23(15-14-22-11-9-8-10-12-22)19-25(30-6)24(16-13-20(2)3)27(26)32-18-17-21(4)5/h8-13,17,19H,7,14-16,18H2,1-6H3. The first kappa shape index (κ1) is 25.3. The van der Waals surface area contributed by atoms with Gasteiger partial charge in [0.15, 0.2) is 0 Å². The Labute approximate surface area is 192 Å². The second-order valence-corrected chi connectivity index (χ2v) is 8.20. The maximum absolute atomic E-state index is 13.1. The van der Waals surface area contributed by atoms with E-state index in [-0.39, 0.29) is 5.97 Å². The number of esters is 1. The largest absolute Gasteiger partial charge is 0.496 e. The lowest BCUT2D eigenvalue weighted by atomic mass is 9.94. The van der Waals surface area contributed by atoms with Gasteiger partial charge >= 0.3 is 5.97 Å². The van der Waals surface area contributed by atoms with Gasteiger partial charge in [-0.15, -0.1) is 0 Å². The minimum absolute atomic E-state index is 0.305. The zero-order valence-electron chi connectivity index (χ0n) is 20.3. The van der Waals surface area contributed by atoms with Gasteiger partial charge in [0.1, 0.15) is 23.7 Å². The van der Waals surface area contributed by atoms with Gasteiger partial charge in [-0.1, -0.05) is 47.6 Å². The Balaban J connectivity index is 2.62. The van der Waals surface area contributed by atoms with E-state index in [4.69, 9.17) is 14.2 Å². The van der Waals surface area contributed by atoms with E-state index in [0.717, 1.165) is 28.9 Å². The van der Waals surface area contributed by atoms with Gasteiger partial charge in [-0.2, -0.15) is 0 Å². The highest BCUT2D eigenvalue weighted by Crippen LogP contribution is 2.37. The van der Waals surface area contributed by atoms with Crippen LogP contribution in [-0.4, -0.2) is 26.3 Å². The average molecular weight is 437 g/mol. The highest BCUT2D eigenvalue weighted by Gasteiger charge is 2.25. The van der Waals surface area contributed by atoms with Gasteiger partial charge in [0.2, 0.25) is 0 Å². The first-order chi connectivity index (χ1) is 15.4. The maximum atomic E-state index is 13.1. The maximum Gasteiger partial charge on any atom is 0.342 e. The van der Waals surface area contributed by atoms with Crippen molar-refractivity contribution in [2.75, 3.05) is 20.3 Å². The third-order valence-corrected chi connectivity index (χ3v) is 5.08. The highest BCUT2D eigenvalue weighted by molar-refractivity contribution is 5.95. The van der Waals surface area contributed by atoms with Gasteiger partial charge in [-0.25, -0.2) is 4.79 Å². The molecule has 0 heterocycles. The fourth-order valence-electron chi connectivity index (χ4n) is 3.41. The third kappa shape index (κ3) is 7.30. The fourth-order valence-corrected chi connectivity index (χ4v) is 3.41. The van der Waals surface area contributed by atoms with Crippen molar-refractivity contribution in [3.63, 3.8) is 0 Å². The molecule has 0 N–H and O–H groups in total. The van der Waals surface area contributed by atoms with Crippen LogP contribution in [0.2, 0.25) is 0 Å². The second-order valence-electron chi connectivity index (χ2n) is 8.20. The Kier molecular flexibility index (Phi) is 10.1. The third-order valence-electron chi connectivity index (χ3n) is 5.08. The fraction of sp³-hybridized carbons (Fsp3) is 0.393. The second kappa shape index (κ2) is 12.7. The predicted molar refractivity (Wildman–Crippen MR) is 131 cm³/mol. The molecule has 2 aromatic rings. The van der Waals surface area contributed by atoms with Crippen molar-refractivity contribution in [2.24, 2.45) is 0 Å². The number of methoxy groups -OCH3 is 1. The van der Waals surface area contributed by atoms with Crippen molar-refractivity contribution >= 4 is 5.97 Å². The SMILES string of the molecule is CCOC(=O)c1c(CCc2ccccc2)cc(OC)c(CC=C(C)C)c1OCC=C(C)C. The van der Waals surface area contributed by atoms with Crippen LogP contribution in [0.15, 0.2) is 59.7 Å². The summed E-state index contributed by atoms with van der Waals surface area (Å²) in [6.07, 6.45) is 6.21. The summed E-state index contributed by atoms with van der Waals surface area (Å²) in [6.45, 7) is 10.7. The highest BCUT2D eigenvalue weighted by atomic mass is 16.5. The molecule has 0 saturated heterocycles. The van der Waals surface area contributed by atoms with E-state index in [0.29, 0.717) is 37.4 Å². The molecule has 0 aliphatic rings. The molecule has 0 aromatic heterocycles. The van der Waals surface area contributed by atoms with Crippen molar-refractivity contribution in [2.45, 2.75) is 53.9 Å². The molecule has 172 valence electrons. The molecule has 0 aliphatic carbocycles. The molecule has 4 nitrogen and oxygen atoms in total. The molecule has 0 saturated carbocycles. The lowest BCUT2D eigenvalue weighted by Gasteiger charge is -2.21. The van der Waals surface area contributed by atoms with E-state index >= 15 is 0 Å². The topological polar surface area (TPSA) is 44.8 Å². The van der Waals surface area contributed by atoms with Crippen LogP contribution in [-0.2, 0) is 24.0 Å². The first-order valence-electron chi connectivity index (χ1n) is 11.2. The number of ether oxygens (including phenoxy) is 3. The number of carbonyl (C=O) groups excluding carboxylic acids is 1. The van der Waals surface area contributed by atoms with Crippen LogP contribution in [0.5, 0.6) is 11.5 Å². The van der Waals surface area contributed by atoms with Gasteiger partial charge in [0.25, 0.3) is 0 Å². The molecule has 0 fully saturated rings. The summed E-state index contributed by atoms with van der Waals surface area (Å²) in [5.41, 5.74) is 5.79. The summed E-state index contributed by atoms with van der Waals surface area (Å²) in [5.74, 6) is 0.926. The van der Waals surface area contributed by atoms with Crippen LogP contribution in [0, 0.1) is 0 Å². The van der Waals surface area contributed by atoms with Crippen molar-refractivity contribution in [1.82, 2.24) is 0 Å². The monoisotopic (exact) mass is 436 g/mol. The Bertz CT molecular complexity index is 947. The van der Waals surface area contributed by atoms with Crippen molar-refractivity contribution in [1.29, 1.82) is 0 Å². The van der Waals surface area contributed by atoms with Crippen LogP contribution >= 0.6 is 0 Å². The summed E-state index contributed by atoms with van der Waals surface area (Å²) < 4.78 is 17.4. The summed E-state index contributed by atoms with van der Waals surface area (Å²) >= 11 is 0. The van der Waals surface area contributed by atoms with Crippen molar-refractivity contribution in [3.05, 3.63) is 82.0 Å². The molecule has 0 spiro atoms. The van der Waals surface area contributed by atoms with Crippen LogP contribution in [0.1, 0.15) is 61.7 Å². The molecule has 0 radical (unpaired) electrons. The van der Waals surface area contributed by atoms with Gasteiger partial charge < -0.3 is 14.2 Å². The molecule has 2 rings (SSSR count). The molecule has 0 amide bonds. The molecular weight excluding hydrogens is 400 g/mol. The summed E-state index contributed by atoms with van der Waals surface area (Å²) in [6, 6.07) is 12.2. The first-order valence-corrected chi connectivity index (χ1v) is 11.2. The van der Waals surface area contributed by atoms with Gasteiger partial charge in [0.05, 0.1) is 13.7 Å². The lowest BCUT2D eigenvalue weighted by molar-refractivity contribution is 0.0520. The van der Waals surface area contributed by atoms with E-state index in [2.05, 4.69) is 32.1 Å². The van der Waals surface area contributed by atoms with Crippen molar-refractivity contribution < 1.29 is 19.0 Å². The lowest BCUT2D eigenvalue weighted by Crippen LogP contribution is -2.15. The average Bonchev–Trinajstić information content (AvgIpc) is 2.76. The van der Waals surface area contributed by atoms with Gasteiger partial charge in [-0.3, -0.25) is 0 Å². The van der Waals surface area contributed by atoms with Crippen LogP contribution in [0.4, 0.5) is 0 Å². The molecule has 32 heavy (non-hydrogen) atoms. The summed E-state index contributed by atoms with van der Waals surface area (Å²) in [5, 5.41) is 0. The van der Waals surface area contributed by atoms with Crippen LogP contribution in [0.25, 0.3) is 0 Å². The molecule has 0 unspecified atom stereocenters. The molecule has 0 aliphatic heterocycles. The van der Waals surface area contributed by atoms with Gasteiger partial charge in [-0.05, 0) is 77.2 Å². The number of carbonyl (C=O) groups is 1. The van der Waals surface area contributed by atoms with Crippen LogP contribution in [0.3, 0.4) is 0 Å². The van der Waals surface area contributed by atoms with E-state index < -0.39 is 0 Å². The zero-order chi connectivity index (χ0) is 23.5.